The maximum atomic E-state index is 13.5. The molecule has 3 aliphatic rings. The van der Waals surface area contributed by atoms with Crippen LogP contribution in [0.5, 0.6) is 0 Å². The molecule has 34 heavy (non-hydrogen) atoms. The van der Waals surface area contributed by atoms with E-state index in [4.69, 9.17) is 23.7 Å². The number of carbonyl (C=O) groups excluding carboxylic acids is 2. The molecule has 3 rings (SSSR count). The summed E-state index contributed by atoms with van der Waals surface area (Å²) in [7, 11) is 0. The van der Waals surface area contributed by atoms with Gasteiger partial charge in [-0.1, -0.05) is 25.8 Å². The van der Waals surface area contributed by atoms with Gasteiger partial charge in [-0.2, -0.15) is 17.6 Å². The van der Waals surface area contributed by atoms with Gasteiger partial charge in [0.1, 0.15) is 25.4 Å². The average Bonchev–Trinajstić information content (AvgIpc) is 2.82. The molecule has 2 aliphatic carbocycles. The van der Waals surface area contributed by atoms with Crippen LogP contribution >= 0.6 is 0 Å². The highest BCUT2D eigenvalue weighted by atomic mass is 19.3. The quantitative estimate of drug-likeness (QED) is 0.278. The summed E-state index contributed by atoms with van der Waals surface area (Å²) in [5.74, 6) is -10.5. The van der Waals surface area contributed by atoms with Crippen LogP contribution < -0.4 is 0 Å². The molecule has 0 aromatic heterocycles. The largest absolute Gasteiger partial charge is 0.508 e. The first-order valence-corrected chi connectivity index (χ1v) is 11.5. The van der Waals surface area contributed by atoms with Gasteiger partial charge in [-0.15, -0.1) is 0 Å². The fourth-order valence-electron chi connectivity index (χ4n) is 4.91. The van der Waals surface area contributed by atoms with Crippen molar-refractivity contribution >= 4 is 12.1 Å². The summed E-state index contributed by atoms with van der Waals surface area (Å²) >= 11 is 0. The fraction of sp³-hybridized carbons (Fsp3) is 0.826. The number of hydrogen-bond acceptors (Lipinski definition) is 7. The van der Waals surface area contributed by atoms with Gasteiger partial charge < -0.3 is 23.7 Å². The molecule has 0 aromatic carbocycles. The summed E-state index contributed by atoms with van der Waals surface area (Å²) < 4.78 is 79.2. The van der Waals surface area contributed by atoms with Gasteiger partial charge in [-0.3, -0.25) is 0 Å². The lowest BCUT2D eigenvalue weighted by molar-refractivity contribution is -0.243. The first-order chi connectivity index (χ1) is 15.7. The molecule has 11 heteroatoms. The van der Waals surface area contributed by atoms with E-state index in [2.05, 4.69) is 6.58 Å². The lowest BCUT2D eigenvalue weighted by atomic mass is 9.65. The van der Waals surface area contributed by atoms with E-state index in [-0.39, 0.29) is 18.6 Å². The summed E-state index contributed by atoms with van der Waals surface area (Å²) in [6, 6.07) is 0. The third-order valence-corrected chi connectivity index (χ3v) is 6.75. The van der Waals surface area contributed by atoms with Crippen molar-refractivity contribution in [2.45, 2.75) is 82.0 Å². The Kier molecular flexibility index (Phi) is 7.86. The second-order valence-electron chi connectivity index (χ2n) is 9.92. The molecular formula is C23H32F4O7. The number of esters is 1. The van der Waals surface area contributed by atoms with E-state index in [0.29, 0.717) is 24.7 Å². The summed E-state index contributed by atoms with van der Waals surface area (Å²) in [4.78, 5) is 24.3. The zero-order chi connectivity index (χ0) is 25.2. The van der Waals surface area contributed by atoms with Crippen molar-refractivity contribution in [3.63, 3.8) is 0 Å². The predicted octanol–water partition coefficient (Wildman–Crippen LogP) is 5.02. The van der Waals surface area contributed by atoms with Crippen LogP contribution in [0.15, 0.2) is 12.2 Å². The van der Waals surface area contributed by atoms with Crippen molar-refractivity contribution in [3.8, 4) is 0 Å². The summed E-state index contributed by atoms with van der Waals surface area (Å²) in [5.41, 5.74) is -0.496. The number of hydrogen-bond donors (Lipinski definition) is 0. The SMILES string of the molecule is C=C(C)C(=O)OC1(CCOC(=O)OCC2(C)OCC(F)(F)C(F)(F)CO2)CC2CCCC(C2)C1. The average molecular weight is 496 g/mol. The van der Waals surface area contributed by atoms with E-state index < -0.39 is 55.2 Å². The van der Waals surface area contributed by atoms with E-state index in [1.54, 1.807) is 6.92 Å². The maximum Gasteiger partial charge on any atom is 0.508 e. The Morgan fingerprint density at radius 3 is 2.09 bits per heavy atom. The minimum atomic E-state index is -4.42. The minimum absolute atomic E-state index is 0.115. The third-order valence-electron chi connectivity index (χ3n) is 6.75. The minimum Gasteiger partial charge on any atom is -0.456 e. The highest BCUT2D eigenvalue weighted by Crippen LogP contribution is 2.47. The van der Waals surface area contributed by atoms with E-state index in [0.717, 1.165) is 32.6 Å². The third kappa shape index (κ3) is 6.41. The molecule has 2 unspecified atom stereocenters. The van der Waals surface area contributed by atoms with Crippen molar-refractivity contribution in [1.29, 1.82) is 0 Å². The van der Waals surface area contributed by atoms with Crippen LogP contribution in [0.3, 0.4) is 0 Å². The first-order valence-electron chi connectivity index (χ1n) is 11.5. The Balaban J connectivity index is 1.52. The first kappa shape index (κ1) is 26.7. The molecule has 2 bridgehead atoms. The summed E-state index contributed by atoms with van der Waals surface area (Å²) in [6.45, 7) is 2.30. The Morgan fingerprint density at radius 1 is 1.00 bits per heavy atom. The van der Waals surface area contributed by atoms with Crippen LogP contribution in [-0.2, 0) is 28.5 Å². The Morgan fingerprint density at radius 2 is 1.56 bits per heavy atom. The number of alkyl halides is 4. The molecule has 1 heterocycles. The maximum absolute atomic E-state index is 13.5. The number of carbonyl (C=O) groups is 2. The van der Waals surface area contributed by atoms with Gasteiger partial charge in [0, 0.05) is 12.0 Å². The zero-order valence-electron chi connectivity index (χ0n) is 19.5. The molecule has 1 aliphatic heterocycles. The molecule has 3 fully saturated rings. The van der Waals surface area contributed by atoms with Gasteiger partial charge in [0.15, 0.2) is 0 Å². The molecule has 0 N–H and O–H groups in total. The van der Waals surface area contributed by atoms with Gasteiger partial charge >= 0.3 is 24.0 Å². The van der Waals surface area contributed by atoms with Gasteiger partial charge in [0.05, 0.1) is 6.61 Å². The number of fused-ring (bicyclic) bond motifs is 2. The van der Waals surface area contributed by atoms with Crippen LogP contribution in [0.4, 0.5) is 22.4 Å². The van der Waals surface area contributed by atoms with Crippen molar-refractivity contribution < 1.29 is 50.8 Å². The molecular weight excluding hydrogens is 464 g/mol. The predicted molar refractivity (Wildman–Crippen MR) is 110 cm³/mol. The molecule has 0 aromatic rings. The smallest absolute Gasteiger partial charge is 0.456 e. The van der Waals surface area contributed by atoms with Crippen LogP contribution in [0.25, 0.3) is 0 Å². The molecule has 194 valence electrons. The van der Waals surface area contributed by atoms with Crippen molar-refractivity contribution in [2.24, 2.45) is 11.8 Å². The summed E-state index contributed by atoms with van der Waals surface area (Å²) in [5, 5.41) is 0. The second-order valence-corrected chi connectivity index (χ2v) is 9.92. The van der Waals surface area contributed by atoms with Crippen LogP contribution in [0.1, 0.15) is 58.8 Å². The Labute approximate surface area is 196 Å². The van der Waals surface area contributed by atoms with Gasteiger partial charge in [0.2, 0.25) is 5.79 Å². The normalized spacial score (nSPS) is 31.6. The van der Waals surface area contributed by atoms with E-state index >= 15 is 0 Å². The molecule has 1 saturated heterocycles. The lowest BCUT2D eigenvalue weighted by Gasteiger charge is -2.46. The number of rotatable bonds is 7. The van der Waals surface area contributed by atoms with Gasteiger partial charge in [-0.25, -0.2) is 9.59 Å². The molecule has 2 atom stereocenters. The van der Waals surface area contributed by atoms with Crippen molar-refractivity contribution in [3.05, 3.63) is 12.2 Å². The Bertz CT molecular complexity index is 755. The molecule has 0 spiro atoms. The highest BCUT2D eigenvalue weighted by molar-refractivity contribution is 5.87. The van der Waals surface area contributed by atoms with Crippen LogP contribution in [0.2, 0.25) is 0 Å². The van der Waals surface area contributed by atoms with E-state index in [9.17, 15) is 27.2 Å². The molecule has 0 amide bonds. The van der Waals surface area contributed by atoms with E-state index in [1.165, 1.54) is 0 Å². The molecule has 2 saturated carbocycles. The van der Waals surface area contributed by atoms with Crippen LogP contribution in [-0.4, -0.2) is 61.8 Å². The van der Waals surface area contributed by atoms with Crippen molar-refractivity contribution in [1.82, 2.24) is 0 Å². The number of ether oxygens (including phenoxy) is 5. The highest BCUT2D eigenvalue weighted by Gasteiger charge is 2.60. The molecule has 7 nitrogen and oxygen atoms in total. The summed E-state index contributed by atoms with van der Waals surface area (Å²) in [6.07, 6.45) is 4.80. The number of halogens is 4. The lowest BCUT2D eigenvalue weighted by Crippen LogP contribution is -2.45. The zero-order valence-corrected chi connectivity index (χ0v) is 19.5. The van der Waals surface area contributed by atoms with E-state index in [1.807, 2.05) is 0 Å². The van der Waals surface area contributed by atoms with Crippen LogP contribution in [0, 0.1) is 11.8 Å². The monoisotopic (exact) mass is 496 g/mol. The van der Waals surface area contributed by atoms with Gasteiger partial charge in [-0.05, 0) is 44.9 Å². The fourth-order valence-corrected chi connectivity index (χ4v) is 4.91. The molecule has 0 radical (unpaired) electrons. The van der Waals surface area contributed by atoms with Crippen molar-refractivity contribution in [2.75, 3.05) is 26.4 Å². The topological polar surface area (TPSA) is 80.3 Å². The second kappa shape index (κ2) is 10.0. The standard InChI is InChI=1S/C23H32F4O7/c1-15(2)18(28)34-21(10-16-5-4-6-17(9-16)11-21)7-8-30-19(29)31-12-20(3)32-13-22(24,25)23(26,27)14-33-20/h16-17H,1,4-14H2,2-3H3. The Hall–Kier alpha value is -1.88. The van der Waals surface area contributed by atoms with Gasteiger partial charge in [0.25, 0.3) is 0 Å².